The minimum Gasteiger partial charge on any atom is -0.496 e. The molecule has 0 saturated heterocycles. The second-order valence-electron chi connectivity index (χ2n) is 5.68. The smallest absolute Gasteiger partial charge is 0.243 e. The Kier molecular flexibility index (Phi) is 6.18. The molecule has 0 spiro atoms. The molecule has 0 radical (unpaired) electrons. The van der Waals surface area contributed by atoms with Gasteiger partial charge in [-0.3, -0.25) is 4.79 Å². The normalized spacial score (nSPS) is 11.3. The number of likely N-dealkylation sites (N-methyl/N-ethyl adjacent to an activating group) is 1. The van der Waals surface area contributed by atoms with Crippen LogP contribution in [0.25, 0.3) is 10.8 Å². The van der Waals surface area contributed by atoms with E-state index >= 15 is 0 Å². The third-order valence-corrected chi connectivity index (χ3v) is 3.63. The van der Waals surface area contributed by atoms with Crippen LogP contribution in [0.4, 0.5) is 0 Å². The molecule has 4 nitrogen and oxygen atoms in total. The summed E-state index contributed by atoms with van der Waals surface area (Å²) in [6.07, 6.45) is 4.24. The first-order valence-electron chi connectivity index (χ1n) is 7.75. The number of rotatable bonds is 7. The lowest BCUT2D eigenvalue weighted by molar-refractivity contribution is -0.116. The monoisotopic (exact) mass is 312 g/mol. The van der Waals surface area contributed by atoms with Gasteiger partial charge in [0.2, 0.25) is 5.91 Å². The predicted molar refractivity (Wildman–Crippen MR) is 94.9 cm³/mol. The number of nitrogens with one attached hydrogen (secondary N) is 1. The summed E-state index contributed by atoms with van der Waals surface area (Å²) >= 11 is 0. The first-order chi connectivity index (χ1) is 11.1. The van der Waals surface area contributed by atoms with Crippen molar-refractivity contribution in [1.82, 2.24) is 10.2 Å². The molecule has 1 amide bonds. The molecule has 0 bridgehead atoms. The van der Waals surface area contributed by atoms with Crippen molar-refractivity contribution < 1.29 is 9.53 Å². The van der Waals surface area contributed by atoms with Crippen molar-refractivity contribution in [3.8, 4) is 5.75 Å². The summed E-state index contributed by atoms with van der Waals surface area (Å²) in [4.78, 5) is 13.7. The number of hydrogen-bond acceptors (Lipinski definition) is 3. The molecule has 0 aliphatic rings. The zero-order valence-corrected chi connectivity index (χ0v) is 14.0. The molecule has 23 heavy (non-hydrogen) atoms. The Bertz CT molecular complexity index is 693. The van der Waals surface area contributed by atoms with Gasteiger partial charge in [0.05, 0.1) is 7.11 Å². The van der Waals surface area contributed by atoms with E-state index in [0.29, 0.717) is 6.54 Å². The van der Waals surface area contributed by atoms with Crippen LogP contribution < -0.4 is 10.1 Å². The fourth-order valence-corrected chi connectivity index (χ4v) is 2.48. The highest BCUT2D eigenvalue weighted by molar-refractivity contribution is 5.91. The number of amides is 1. The molecule has 0 aliphatic heterocycles. The van der Waals surface area contributed by atoms with Gasteiger partial charge in [0, 0.05) is 24.6 Å². The van der Waals surface area contributed by atoms with Crippen molar-refractivity contribution in [2.45, 2.75) is 6.42 Å². The fourth-order valence-electron chi connectivity index (χ4n) is 2.48. The molecule has 2 rings (SSSR count). The Morgan fingerprint density at radius 1 is 1.17 bits per heavy atom. The molecule has 0 atom stereocenters. The van der Waals surface area contributed by atoms with Gasteiger partial charge in [-0.25, -0.2) is 0 Å². The van der Waals surface area contributed by atoms with Gasteiger partial charge in [-0.1, -0.05) is 36.4 Å². The van der Waals surface area contributed by atoms with Crippen LogP contribution in [0, 0.1) is 0 Å². The Hall–Kier alpha value is -2.33. The van der Waals surface area contributed by atoms with Crippen molar-refractivity contribution in [3.63, 3.8) is 0 Å². The van der Waals surface area contributed by atoms with Crippen LogP contribution in [-0.2, 0) is 11.2 Å². The molecule has 0 aromatic heterocycles. The summed E-state index contributed by atoms with van der Waals surface area (Å²) in [5, 5.41) is 5.19. The minimum absolute atomic E-state index is 0.0512. The molecule has 4 heteroatoms. The standard InChI is InChI=1S/C19H24N2O2/c1-21(2)14-6-9-19(22)20-13-12-15-10-11-18(23-3)17-8-5-4-7-16(15)17/h4-11H,12-14H2,1-3H3,(H,20,22)/b9-6+. The fraction of sp³-hybridized carbons (Fsp3) is 0.316. The van der Waals surface area contributed by atoms with Crippen molar-refractivity contribution in [1.29, 1.82) is 0 Å². The van der Waals surface area contributed by atoms with Crippen LogP contribution in [0.3, 0.4) is 0 Å². The second-order valence-corrected chi connectivity index (χ2v) is 5.68. The SMILES string of the molecule is COc1ccc(CCNC(=O)/C=C/CN(C)C)c2ccccc12. The summed E-state index contributed by atoms with van der Waals surface area (Å²) in [6, 6.07) is 12.2. The van der Waals surface area contributed by atoms with Crippen molar-refractivity contribution in [3.05, 3.63) is 54.1 Å². The number of carbonyl (C=O) groups is 1. The molecule has 0 fully saturated rings. The third kappa shape index (κ3) is 4.83. The van der Waals surface area contributed by atoms with Crippen molar-refractivity contribution >= 4 is 16.7 Å². The molecule has 0 aliphatic carbocycles. The van der Waals surface area contributed by atoms with E-state index in [4.69, 9.17) is 4.74 Å². The molecule has 2 aromatic rings. The molecule has 2 aromatic carbocycles. The highest BCUT2D eigenvalue weighted by Crippen LogP contribution is 2.28. The molecule has 0 heterocycles. The zero-order chi connectivity index (χ0) is 16.7. The van der Waals surface area contributed by atoms with Crippen LogP contribution in [0.15, 0.2) is 48.6 Å². The van der Waals surface area contributed by atoms with Gasteiger partial charge in [0.25, 0.3) is 0 Å². The highest BCUT2D eigenvalue weighted by atomic mass is 16.5. The third-order valence-electron chi connectivity index (χ3n) is 3.63. The van der Waals surface area contributed by atoms with Gasteiger partial charge < -0.3 is 15.0 Å². The van der Waals surface area contributed by atoms with E-state index in [2.05, 4.69) is 23.5 Å². The zero-order valence-electron chi connectivity index (χ0n) is 14.0. The lowest BCUT2D eigenvalue weighted by atomic mass is 10.0. The Morgan fingerprint density at radius 3 is 2.61 bits per heavy atom. The van der Waals surface area contributed by atoms with E-state index in [1.54, 1.807) is 13.2 Å². The Labute approximate surface area is 137 Å². The summed E-state index contributed by atoms with van der Waals surface area (Å²) in [5.41, 5.74) is 1.21. The molecule has 0 unspecified atom stereocenters. The van der Waals surface area contributed by atoms with E-state index in [9.17, 15) is 4.79 Å². The molecular weight excluding hydrogens is 288 g/mol. The highest BCUT2D eigenvalue weighted by Gasteiger charge is 2.06. The number of ether oxygens (including phenoxy) is 1. The second kappa shape index (κ2) is 8.34. The first-order valence-corrected chi connectivity index (χ1v) is 7.75. The Morgan fingerprint density at radius 2 is 1.91 bits per heavy atom. The summed E-state index contributed by atoms with van der Waals surface area (Å²) < 4.78 is 5.41. The summed E-state index contributed by atoms with van der Waals surface area (Å²) in [7, 11) is 5.62. The van der Waals surface area contributed by atoms with E-state index in [1.165, 1.54) is 10.9 Å². The largest absolute Gasteiger partial charge is 0.496 e. The van der Waals surface area contributed by atoms with Crippen molar-refractivity contribution in [2.24, 2.45) is 0 Å². The molecular formula is C19H24N2O2. The maximum atomic E-state index is 11.7. The lowest BCUT2D eigenvalue weighted by Gasteiger charge is -2.10. The number of fused-ring (bicyclic) bond motifs is 1. The number of hydrogen-bond donors (Lipinski definition) is 1. The molecule has 122 valence electrons. The van der Waals surface area contributed by atoms with E-state index in [-0.39, 0.29) is 5.91 Å². The van der Waals surface area contributed by atoms with Crippen LogP contribution in [-0.4, -0.2) is 45.1 Å². The number of benzene rings is 2. The quantitative estimate of drug-likeness (QED) is 0.799. The van der Waals surface area contributed by atoms with Gasteiger partial charge in [-0.2, -0.15) is 0 Å². The van der Waals surface area contributed by atoms with Gasteiger partial charge in [0.1, 0.15) is 5.75 Å². The van der Waals surface area contributed by atoms with Gasteiger partial charge >= 0.3 is 0 Å². The summed E-state index contributed by atoms with van der Waals surface area (Å²) in [5.74, 6) is 0.824. The first kappa shape index (κ1) is 17.0. The maximum absolute atomic E-state index is 11.7. The van der Waals surface area contributed by atoms with Crippen LogP contribution in [0.1, 0.15) is 5.56 Å². The van der Waals surface area contributed by atoms with E-state index in [0.717, 1.165) is 24.1 Å². The van der Waals surface area contributed by atoms with Crippen LogP contribution in [0.2, 0.25) is 0 Å². The van der Waals surface area contributed by atoms with Gasteiger partial charge in [-0.15, -0.1) is 0 Å². The van der Waals surface area contributed by atoms with Crippen LogP contribution in [0.5, 0.6) is 5.75 Å². The van der Waals surface area contributed by atoms with Gasteiger partial charge in [0.15, 0.2) is 0 Å². The summed E-state index contributed by atoms with van der Waals surface area (Å²) in [6.45, 7) is 1.37. The number of methoxy groups -OCH3 is 1. The molecule has 0 saturated carbocycles. The topological polar surface area (TPSA) is 41.6 Å². The number of carbonyl (C=O) groups excluding carboxylic acids is 1. The minimum atomic E-state index is -0.0512. The number of nitrogens with zero attached hydrogens (tertiary/aromatic N) is 1. The van der Waals surface area contributed by atoms with E-state index in [1.807, 2.05) is 43.3 Å². The van der Waals surface area contributed by atoms with Crippen molar-refractivity contribution in [2.75, 3.05) is 34.3 Å². The van der Waals surface area contributed by atoms with E-state index < -0.39 is 0 Å². The average Bonchev–Trinajstić information content (AvgIpc) is 2.54. The molecule has 1 N–H and O–H groups in total. The average molecular weight is 312 g/mol. The maximum Gasteiger partial charge on any atom is 0.243 e. The Balaban J connectivity index is 1.98. The lowest BCUT2D eigenvalue weighted by Crippen LogP contribution is -2.24. The predicted octanol–water partition coefficient (Wildman–Crippen LogP) is 2.62. The van der Waals surface area contributed by atoms with Crippen LogP contribution >= 0.6 is 0 Å². The van der Waals surface area contributed by atoms with Gasteiger partial charge in [-0.05, 0) is 37.5 Å².